The van der Waals surface area contributed by atoms with Gasteiger partial charge < -0.3 is 10.0 Å². The van der Waals surface area contributed by atoms with Crippen LogP contribution in [0.3, 0.4) is 0 Å². The fourth-order valence-electron chi connectivity index (χ4n) is 2.01. The second kappa shape index (κ2) is 4.61. The number of rotatable bonds is 4. The summed E-state index contributed by atoms with van der Waals surface area (Å²) in [6.07, 6.45) is 2.52. The van der Waals surface area contributed by atoms with Gasteiger partial charge in [-0.2, -0.15) is 0 Å². The highest BCUT2D eigenvalue weighted by atomic mass is 16.4. The van der Waals surface area contributed by atoms with Crippen molar-refractivity contribution < 1.29 is 9.90 Å². The van der Waals surface area contributed by atoms with Crippen LogP contribution in [-0.2, 0) is 6.54 Å². The van der Waals surface area contributed by atoms with Crippen LogP contribution in [0.5, 0.6) is 0 Å². The van der Waals surface area contributed by atoms with Gasteiger partial charge in [-0.15, -0.1) is 5.10 Å². The second-order valence-corrected chi connectivity index (χ2v) is 4.10. The lowest BCUT2D eigenvalue weighted by atomic mass is 10.3. The van der Waals surface area contributed by atoms with Crippen molar-refractivity contribution in [2.24, 2.45) is 0 Å². The van der Waals surface area contributed by atoms with E-state index in [1.54, 1.807) is 11.6 Å². The van der Waals surface area contributed by atoms with Gasteiger partial charge in [0.1, 0.15) is 0 Å². The molecule has 0 aliphatic carbocycles. The zero-order chi connectivity index (χ0) is 11.5. The molecule has 1 aliphatic rings. The number of hydrogen-bond donors (Lipinski definition) is 1. The summed E-state index contributed by atoms with van der Waals surface area (Å²) in [6.45, 7) is 5.65. The lowest BCUT2D eigenvalue weighted by molar-refractivity contribution is 0.0689. The maximum Gasteiger partial charge on any atom is 0.358 e. The molecule has 1 fully saturated rings. The molecule has 0 bridgehead atoms. The second-order valence-electron chi connectivity index (χ2n) is 4.10. The highest BCUT2D eigenvalue weighted by Gasteiger charge is 2.16. The molecule has 0 aromatic carbocycles. The van der Waals surface area contributed by atoms with Gasteiger partial charge in [0.05, 0.1) is 12.2 Å². The van der Waals surface area contributed by atoms with Crippen LogP contribution < -0.4 is 0 Å². The Morgan fingerprint density at radius 2 is 2.06 bits per heavy atom. The Labute approximate surface area is 93.9 Å². The van der Waals surface area contributed by atoms with E-state index in [0.29, 0.717) is 12.2 Å². The molecule has 2 rings (SSSR count). The van der Waals surface area contributed by atoms with E-state index in [9.17, 15) is 4.79 Å². The zero-order valence-electron chi connectivity index (χ0n) is 9.39. The van der Waals surface area contributed by atoms with E-state index in [2.05, 4.69) is 15.2 Å². The van der Waals surface area contributed by atoms with Gasteiger partial charge in [-0.05, 0) is 32.9 Å². The predicted molar refractivity (Wildman–Crippen MR) is 57.4 cm³/mol. The summed E-state index contributed by atoms with van der Waals surface area (Å²) in [5, 5.41) is 16.3. The van der Waals surface area contributed by atoms with E-state index in [1.165, 1.54) is 12.8 Å². The summed E-state index contributed by atoms with van der Waals surface area (Å²) in [7, 11) is 0. The Kier molecular flexibility index (Phi) is 3.19. The predicted octanol–water partition coefficient (Wildman–Crippen LogP) is 0.381. The molecule has 1 N–H and O–H groups in total. The molecular weight excluding hydrogens is 208 g/mol. The van der Waals surface area contributed by atoms with Crippen LogP contribution in [0, 0.1) is 6.92 Å². The monoisotopic (exact) mass is 224 g/mol. The van der Waals surface area contributed by atoms with Gasteiger partial charge in [-0.3, -0.25) is 0 Å². The molecule has 0 unspecified atom stereocenters. The Balaban J connectivity index is 1.96. The molecular formula is C10H16N4O2. The van der Waals surface area contributed by atoms with E-state index >= 15 is 0 Å². The summed E-state index contributed by atoms with van der Waals surface area (Å²) in [4.78, 5) is 13.1. The van der Waals surface area contributed by atoms with Crippen molar-refractivity contribution in [1.29, 1.82) is 0 Å². The van der Waals surface area contributed by atoms with Gasteiger partial charge in [0.25, 0.3) is 0 Å². The van der Waals surface area contributed by atoms with Crippen molar-refractivity contribution in [2.45, 2.75) is 26.3 Å². The minimum absolute atomic E-state index is 0.0569. The van der Waals surface area contributed by atoms with Crippen LogP contribution in [0.2, 0.25) is 0 Å². The summed E-state index contributed by atoms with van der Waals surface area (Å²) >= 11 is 0. The number of carboxylic acid groups (broad SMARTS) is 1. The fraction of sp³-hybridized carbons (Fsp3) is 0.700. The summed E-state index contributed by atoms with van der Waals surface area (Å²) in [6, 6.07) is 0. The van der Waals surface area contributed by atoms with Crippen LogP contribution in [0.1, 0.15) is 29.0 Å². The first-order valence-electron chi connectivity index (χ1n) is 5.54. The Morgan fingerprint density at radius 3 is 2.62 bits per heavy atom. The smallest absolute Gasteiger partial charge is 0.358 e. The van der Waals surface area contributed by atoms with E-state index in [0.717, 1.165) is 19.6 Å². The first kappa shape index (κ1) is 11.1. The van der Waals surface area contributed by atoms with Crippen LogP contribution in [-0.4, -0.2) is 50.6 Å². The molecule has 0 spiro atoms. The quantitative estimate of drug-likeness (QED) is 0.800. The van der Waals surface area contributed by atoms with Crippen LogP contribution >= 0.6 is 0 Å². The zero-order valence-corrected chi connectivity index (χ0v) is 9.39. The van der Waals surface area contributed by atoms with Crippen LogP contribution in [0.25, 0.3) is 0 Å². The number of nitrogens with zero attached hydrogens (tertiary/aromatic N) is 4. The molecule has 16 heavy (non-hydrogen) atoms. The molecule has 2 heterocycles. The minimum atomic E-state index is -1.01. The van der Waals surface area contributed by atoms with E-state index in [1.807, 2.05) is 0 Å². The first-order chi connectivity index (χ1) is 7.68. The molecule has 1 saturated heterocycles. The third kappa shape index (κ3) is 2.21. The summed E-state index contributed by atoms with van der Waals surface area (Å²) in [5.41, 5.74) is 0.688. The number of hydrogen-bond acceptors (Lipinski definition) is 4. The normalized spacial score (nSPS) is 16.8. The topological polar surface area (TPSA) is 71.2 Å². The van der Waals surface area contributed by atoms with Gasteiger partial charge in [-0.25, -0.2) is 9.48 Å². The Morgan fingerprint density at radius 1 is 1.38 bits per heavy atom. The van der Waals surface area contributed by atoms with E-state index < -0.39 is 5.97 Å². The maximum absolute atomic E-state index is 10.8. The molecule has 6 heteroatoms. The highest BCUT2D eigenvalue weighted by Crippen LogP contribution is 2.08. The maximum atomic E-state index is 10.8. The molecule has 1 aromatic heterocycles. The van der Waals surface area contributed by atoms with Crippen LogP contribution in [0.4, 0.5) is 0 Å². The molecule has 1 aromatic rings. The Bertz CT molecular complexity index is 382. The fourth-order valence-corrected chi connectivity index (χ4v) is 2.01. The third-order valence-corrected chi connectivity index (χ3v) is 3.01. The molecule has 88 valence electrons. The first-order valence-corrected chi connectivity index (χ1v) is 5.54. The van der Waals surface area contributed by atoms with Gasteiger partial charge in [0.2, 0.25) is 0 Å². The van der Waals surface area contributed by atoms with Crippen molar-refractivity contribution in [2.75, 3.05) is 19.6 Å². The van der Waals surface area contributed by atoms with Gasteiger partial charge in [0.15, 0.2) is 5.69 Å². The molecule has 1 aliphatic heterocycles. The van der Waals surface area contributed by atoms with E-state index in [4.69, 9.17) is 5.11 Å². The molecule has 0 atom stereocenters. The van der Waals surface area contributed by atoms with Gasteiger partial charge in [0, 0.05) is 6.54 Å². The van der Waals surface area contributed by atoms with Gasteiger partial charge >= 0.3 is 5.97 Å². The number of aromatic carboxylic acids is 1. The third-order valence-electron chi connectivity index (χ3n) is 3.01. The number of likely N-dealkylation sites (tertiary alicyclic amines) is 1. The van der Waals surface area contributed by atoms with Crippen molar-refractivity contribution in [3.63, 3.8) is 0 Å². The average molecular weight is 224 g/mol. The lowest BCUT2D eigenvalue weighted by Crippen LogP contribution is -2.25. The van der Waals surface area contributed by atoms with Crippen molar-refractivity contribution >= 4 is 5.97 Å². The SMILES string of the molecule is Cc1c(C(=O)O)nnn1CCN1CCCC1. The van der Waals surface area contributed by atoms with Crippen molar-refractivity contribution in [1.82, 2.24) is 19.9 Å². The standard InChI is InChI=1S/C10H16N4O2/c1-8-9(10(15)16)11-12-14(8)7-6-13-4-2-3-5-13/h2-7H2,1H3,(H,15,16). The molecule has 0 saturated carbocycles. The largest absolute Gasteiger partial charge is 0.476 e. The van der Waals surface area contributed by atoms with Gasteiger partial charge in [-0.1, -0.05) is 5.21 Å². The van der Waals surface area contributed by atoms with Crippen molar-refractivity contribution in [3.8, 4) is 0 Å². The summed E-state index contributed by atoms with van der Waals surface area (Å²) < 4.78 is 1.67. The lowest BCUT2D eigenvalue weighted by Gasteiger charge is -2.14. The number of carbonyl (C=O) groups is 1. The number of carboxylic acids is 1. The van der Waals surface area contributed by atoms with Crippen LogP contribution in [0.15, 0.2) is 0 Å². The van der Waals surface area contributed by atoms with E-state index in [-0.39, 0.29) is 5.69 Å². The average Bonchev–Trinajstić information content (AvgIpc) is 2.84. The summed E-state index contributed by atoms with van der Waals surface area (Å²) in [5.74, 6) is -1.01. The highest BCUT2D eigenvalue weighted by molar-refractivity contribution is 5.86. The number of aromatic nitrogens is 3. The molecule has 0 amide bonds. The van der Waals surface area contributed by atoms with Crippen molar-refractivity contribution in [3.05, 3.63) is 11.4 Å². The molecule has 0 radical (unpaired) electrons. The minimum Gasteiger partial charge on any atom is -0.476 e. The molecule has 6 nitrogen and oxygen atoms in total. The Hall–Kier alpha value is -1.43.